The zero-order valence-corrected chi connectivity index (χ0v) is 15.2. The molecule has 0 bridgehead atoms. The first kappa shape index (κ1) is 18.4. The molecular weight excluding hydrogens is 306 g/mol. The summed E-state index contributed by atoms with van der Waals surface area (Å²) in [6.45, 7) is 6.06. The molecule has 1 aromatic heterocycles. The fraction of sp³-hybridized carbons (Fsp3) is 0.706. The highest BCUT2D eigenvalue weighted by atomic mass is 16.2. The summed E-state index contributed by atoms with van der Waals surface area (Å²) >= 11 is 0. The number of likely N-dealkylation sites (N-methyl/N-ethyl adjacent to an activating group) is 1. The lowest BCUT2D eigenvalue weighted by Crippen LogP contribution is -2.34. The summed E-state index contributed by atoms with van der Waals surface area (Å²) in [6, 6.07) is 0.0893. The molecule has 24 heavy (non-hydrogen) atoms. The first-order valence-corrected chi connectivity index (χ1v) is 8.77. The van der Waals surface area contributed by atoms with Crippen LogP contribution in [0.2, 0.25) is 0 Å². The number of imidazole rings is 1. The van der Waals surface area contributed by atoms with E-state index in [9.17, 15) is 9.59 Å². The van der Waals surface area contributed by atoms with Crippen LogP contribution >= 0.6 is 0 Å². The number of rotatable bonds is 7. The third-order valence-corrected chi connectivity index (χ3v) is 4.37. The van der Waals surface area contributed by atoms with Gasteiger partial charge in [-0.2, -0.15) is 0 Å². The normalized spacial score (nSPS) is 15.0. The molecule has 1 aromatic rings. The van der Waals surface area contributed by atoms with Gasteiger partial charge in [0.2, 0.25) is 0 Å². The van der Waals surface area contributed by atoms with Crippen molar-refractivity contribution < 1.29 is 9.59 Å². The molecule has 0 fully saturated rings. The van der Waals surface area contributed by atoms with E-state index >= 15 is 0 Å². The molecule has 0 aliphatic carbocycles. The zero-order valence-electron chi connectivity index (χ0n) is 15.2. The summed E-state index contributed by atoms with van der Waals surface area (Å²) in [4.78, 5) is 31.4. The second kappa shape index (κ2) is 8.28. The van der Waals surface area contributed by atoms with Crippen molar-refractivity contribution in [2.45, 2.75) is 52.1 Å². The Kier molecular flexibility index (Phi) is 6.36. The molecule has 0 saturated heterocycles. The number of amides is 2. The number of nitrogens with zero attached hydrogens (tertiary/aromatic N) is 3. The predicted octanol–water partition coefficient (Wildman–Crippen LogP) is 1.04. The number of hydrogen-bond acceptors (Lipinski definition) is 4. The van der Waals surface area contributed by atoms with Gasteiger partial charge in [0.1, 0.15) is 5.69 Å². The molecule has 0 saturated carbocycles. The van der Waals surface area contributed by atoms with Gasteiger partial charge in [-0.1, -0.05) is 6.92 Å². The largest absolute Gasteiger partial charge is 0.349 e. The van der Waals surface area contributed by atoms with Crippen LogP contribution in [-0.2, 0) is 13.0 Å². The molecule has 7 nitrogen and oxygen atoms in total. The molecule has 2 rings (SSSR count). The number of fused-ring (bicyclic) bond motifs is 1. The fourth-order valence-corrected chi connectivity index (χ4v) is 2.77. The van der Waals surface area contributed by atoms with Crippen LogP contribution in [-0.4, -0.2) is 59.5 Å². The summed E-state index contributed by atoms with van der Waals surface area (Å²) < 4.78 is 1.92. The van der Waals surface area contributed by atoms with Crippen LogP contribution in [0, 0.1) is 0 Å². The van der Waals surface area contributed by atoms with Gasteiger partial charge in [-0.3, -0.25) is 9.59 Å². The van der Waals surface area contributed by atoms with Crippen molar-refractivity contribution in [1.29, 1.82) is 0 Å². The molecule has 1 aliphatic heterocycles. The van der Waals surface area contributed by atoms with Gasteiger partial charge in [0.15, 0.2) is 5.82 Å². The van der Waals surface area contributed by atoms with Gasteiger partial charge in [-0.05, 0) is 46.7 Å². The quantitative estimate of drug-likeness (QED) is 0.780. The summed E-state index contributed by atoms with van der Waals surface area (Å²) in [5.74, 6) is -0.0207. The Morgan fingerprint density at radius 2 is 2.04 bits per heavy atom. The van der Waals surface area contributed by atoms with E-state index < -0.39 is 0 Å². The maximum Gasteiger partial charge on any atom is 0.287 e. The minimum Gasteiger partial charge on any atom is -0.349 e. The van der Waals surface area contributed by atoms with Crippen molar-refractivity contribution in [3.8, 4) is 0 Å². The van der Waals surface area contributed by atoms with Crippen molar-refractivity contribution in [2.24, 2.45) is 0 Å². The molecule has 1 aliphatic rings. The van der Waals surface area contributed by atoms with Crippen molar-refractivity contribution >= 4 is 11.8 Å². The minimum atomic E-state index is -0.195. The standard InChI is InChI=1S/C17H29N5O2/c1-5-12(2)19-17(24)15-20-14(13-8-6-7-10-22(13)15)16(23)18-9-11-21(3)4/h12H,5-11H2,1-4H3,(H,18,23)(H,19,24). The van der Waals surface area contributed by atoms with Gasteiger partial charge in [-0.25, -0.2) is 4.98 Å². The van der Waals surface area contributed by atoms with E-state index in [4.69, 9.17) is 0 Å². The van der Waals surface area contributed by atoms with Crippen LogP contribution in [0.25, 0.3) is 0 Å². The Morgan fingerprint density at radius 1 is 1.29 bits per heavy atom. The minimum absolute atomic E-state index is 0.0893. The summed E-state index contributed by atoms with van der Waals surface area (Å²) in [6.07, 6.45) is 3.68. The number of aromatic nitrogens is 2. The maximum atomic E-state index is 12.5. The monoisotopic (exact) mass is 335 g/mol. The molecule has 0 radical (unpaired) electrons. The second-order valence-electron chi connectivity index (χ2n) is 6.68. The van der Waals surface area contributed by atoms with E-state index in [1.807, 2.05) is 37.4 Å². The van der Waals surface area contributed by atoms with Crippen LogP contribution in [0.3, 0.4) is 0 Å². The Labute approximate surface area is 143 Å². The smallest absolute Gasteiger partial charge is 0.287 e. The highest BCUT2D eigenvalue weighted by Gasteiger charge is 2.27. The third-order valence-electron chi connectivity index (χ3n) is 4.37. The Hall–Kier alpha value is -1.89. The van der Waals surface area contributed by atoms with Crippen LogP contribution in [0.4, 0.5) is 0 Å². The van der Waals surface area contributed by atoms with E-state index in [1.54, 1.807) is 0 Å². The van der Waals surface area contributed by atoms with Gasteiger partial charge in [0.25, 0.3) is 11.8 Å². The number of hydrogen-bond donors (Lipinski definition) is 2. The lowest BCUT2D eigenvalue weighted by Gasteiger charge is -2.18. The van der Waals surface area contributed by atoms with E-state index in [2.05, 4.69) is 15.6 Å². The second-order valence-corrected chi connectivity index (χ2v) is 6.68. The molecule has 2 heterocycles. The summed E-state index contributed by atoms with van der Waals surface area (Å²) in [7, 11) is 3.92. The van der Waals surface area contributed by atoms with Crippen molar-refractivity contribution in [3.05, 3.63) is 17.2 Å². The van der Waals surface area contributed by atoms with Gasteiger partial charge < -0.3 is 20.1 Å². The number of carbonyl (C=O) groups is 2. The first-order valence-electron chi connectivity index (χ1n) is 8.77. The zero-order chi connectivity index (χ0) is 17.7. The number of carbonyl (C=O) groups excluding carboxylic acids is 2. The van der Waals surface area contributed by atoms with E-state index in [0.717, 1.165) is 44.5 Å². The Bertz CT molecular complexity index is 594. The van der Waals surface area contributed by atoms with Gasteiger partial charge in [0.05, 0.1) is 5.69 Å². The molecule has 2 amide bonds. The average molecular weight is 335 g/mol. The molecule has 1 unspecified atom stereocenters. The van der Waals surface area contributed by atoms with Gasteiger partial charge in [0, 0.05) is 25.7 Å². The van der Waals surface area contributed by atoms with E-state index in [1.165, 1.54) is 0 Å². The van der Waals surface area contributed by atoms with Crippen molar-refractivity contribution in [2.75, 3.05) is 27.2 Å². The molecule has 2 N–H and O–H groups in total. The predicted molar refractivity (Wildman–Crippen MR) is 93.3 cm³/mol. The van der Waals surface area contributed by atoms with E-state index in [0.29, 0.717) is 18.1 Å². The lowest BCUT2D eigenvalue weighted by atomic mass is 10.1. The molecule has 1 atom stereocenters. The molecule has 0 aromatic carbocycles. The molecule has 134 valence electrons. The van der Waals surface area contributed by atoms with Gasteiger partial charge in [-0.15, -0.1) is 0 Å². The molecular formula is C17H29N5O2. The molecule has 7 heteroatoms. The average Bonchev–Trinajstić information content (AvgIpc) is 2.94. The topological polar surface area (TPSA) is 79.3 Å². The first-order chi connectivity index (χ1) is 11.4. The van der Waals surface area contributed by atoms with Gasteiger partial charge >= 0.3 is 0 Å². The highest BCUT2D eigenvalue weighted by Crippen LogP contribution is 2.21. The van der Waals surface area contributed by atoms with Crippen LogP contribution in [0.15, 0.2) is 0 Å². The third kappa shape index (κ3) is 4.35. The fourth-order valence-electron chi connectivity index (χ4n) is 2.77. The summed E-state index contributed by atoms with van der Waals surface area (Å²) in [5, 5.41) is 5.84. The molecule has 0 spiro atoms. The lowest BCUT2D eigenvalue weighted by molar-refractivity contribution is 0.0923. The SMILES string of the molecule is CCC(C)NC(=O)c1nc(C(=O)NCCN(C)C)c2n1CCCC2. The summed E-state index contributed by atoms with van der Waals surface area (Å²) in [5.41, 5.74) is 1.29. The van der Waals surface area contributed by atoms with Crippen LogP contribution in [0.1, 0.15) is 59.9 Å². The highest BCUT2D eigenvalue weighted by molar-refractivity contribution is 5.97. The van der Waals surface area contributed by atoms with Crippen LogP contribution < -0.4 is 10.6 Å². The van der Waals surface area contributed by atoms with Crippen molar-refractivity contribution in [1.82, 2.24) is 25.1 Å². The van der Waals surface area contributed by atoms with Crippen LogP contribution in [0.5, 0.6) is 0 Å². The number of nitrogens with one attached hydrogen (secondary N) is 2. The Morgan fingerprint density at radius 3 is 2.71 bits per heavy atom. The van der Waals surface area contributed by atoms with Crippen molar-refractivity contribution in [3.63, 3.8) is 0 Å². The Balaban J connectivity index is 2.20. The van der Waals surface area contributed by atoms with E-state index in [-0.39, 0.29) is 17.9 Å². The maximum absolute atomic E-state index is 12.5.